The molecule has 1 amide bonds. The third kappa shape index (κ3) is 5.21. The summed E-state index contributed by atoms with van der Waals surface area (Å²) in [4.78, 5) is 37.4. The molecule has 1 N–H and O–H groups in total. The third-order valence-corrected chi connectivity index (χ3v) is 7.70. The number of benzene rings is 2. The van der Waals surface area contributed by atoms with E-state index in [1.165, 1.54) is 17.1 Å². The van der Waals surface area contributed by atoms with Gasteiger partial charge < -0.3 is 14.8 Å². The van der Waals surface area contributed by atoms with Gasteiger partial charge in [-0.3, -0.25) is 9.36 Å². The van der Waals surface area contributed by atoms with Crippen molar-refractivity contribution in [1.29, 1.82) is 0 Å². The summed E-state index contributed by atoms with van der Waals surface area (Å²) in [5, 5.41) is 0.862. The van der Waals surface area contributed by atoms with Crippen molar-refractivity contribution in [2.45, 2.75) is 51.6 Å². The first-order valence-electron chi connectivity index (χ1n) is 12.6. The van der Waals surface area contributed by atoms with Crippen LogP contribution in [0.25, 0.3) is 11.0 Å². The van der Waals surface area contributed by atoms with Gasteiger partial charge in [-0.2, -0.15) is 4.37 Å². The van der Waals surface area contributed by atoms with E-state index in [0.29, 0.717) is 32.5 Å². The number of amides is 1. The second-order valence-corrected chi connectivity index (χ2v) is 10.4. The summed E-state index contributed by atoms with van der Waals surface area (Å²) < 4.78 is 6.42. The van der Waals surface area contributed by atoms with Gasteiger partial charge in [0.05, 0.1) is 11.0 Å². The first-order valence-corrected chi connectivity index (χ1v) is 13.4. The number of piperidine rings is 1. The van der Waals surface area contributed by atoms with Crippen molar-refractivity contribution in [3.8, 4) is 0 Å². The minimum atomic E-state index is -0.0720. The maximum absolute atomic E-state index is 13.1. The number of nitrogens with zero attached hydrogens (tertiary/aromatic N) is 5. The number of carbonyl (C=O) groups excluding carboxylic acids is 1. The van der Waals surface area contributed by atoms with Crippen LogP contribution in [0.3, 0.4) is 0 Å². The molecule has 1 aliphatic rings. The molecule has 9 heteroatoms. The molecule has 0 saturated carbocycles. The van der Waals surface area contributed by atoms with Gasteiger partial charge in [0.25, 0.3) is 0 Å². The number of fused-ring (bicyclic) bond motifs is 1. The number of carbonyl (C=O) groups is 1. The van der Waals surface area contributed by atoms with E-state index in [4.69, 9.17) is 4.98 Å². The standard InChI is InChI=1S/C27H32N6O2S/c1-19(2)32(27-29-24(30-36-27)18-20-8-4-3-5-9-20)17-14-25(34)31-15-12-21(13-16-31)33-23-11-7-6-10-22(23)28-26(33)35/h3-11,19,21H,12-18H2,1-2H3,(H,28,35). The first-order chi connectivity index (χ1) is 17.5. The molecule has 0 unspecified atom stereocenters. The molecule has 1 saturated heterocycles. The predicted octanol–water partition coefficient (Wildman–Crippen LogP) is 4.24. The summed E-state index contributed by atoms with van der Waals surface area (Å²) in [7, 11) is 0. The summed E-state index contributed by atoms with van der Waals surface area (Å²) in [6.07, 6.45) is 2.70. The average Bonchev–Trinajstić information content (AvgIpc) is 3.48. The number of imidazole rings is 1. The van der Waals surface area contributed by atoms with Crippen LogP contribution in [0, 0.1) is 0 Å². The van der Waals surface area contributed by atoms with E-state index < -0.39 is 0 Å². The van der Waals surface area contributed by atoms with E-state index in [-0.39, 0.29) is 23.7 Å². The van der Waals surface area contributed by atoms with Crippen LogP contribution in [0.2, 0.25) is 0 Å². The van der Waals surface area contributed by atoms with Crippen LogP contribution in [-0.4, -0.2) is 55.4 Å². The van der Waals surface area contributed by atoms with Crippen molar-refractivity contribution in [3.63, 3.8) is 0 Å². The number of aromatic nitrogens is 4. The molecule has 1 aliphatic heterocycles. The third-order valence-electron chi connectivity index (χ3n) is 6.90. The zero-order chi connectivity index (χ0) is 25.1. The number of hydrogen-bond acceptors (Lipinski definition) is 6. The lowest BCUT2D eigenvalue weighted by atomic mass is 10.0. The Morgan fingerprint density at radius 3 is 2.58 bits per heavy atom. The maximum Gasteiger partial charge on any atom is 0.326 e. The number of H-pyrrole nitrogens is 1. The molecule has 2 aromatic heterocycles. The van der Waals surface area contributed by atoms with Gasteiger partial charge in [-0.15, -0.1) is 0 Å². The number of rotatable bonds is 8. The Labute approximate surface area is 214 Å². The number of aromatic amines is 1. The monoisotopic (exact) mass is 504 g/mol. The van der Waals surface area contributed by atoms with Crippen LogP contribution in [0.4, 0.5) is 5.13 Å². The van der Waals surface area contributed by atoms with Crippen LogP contribution in [-0.2, 0) is 11.2 Å². The average molecular weight is 505 g/mol. The molecule has 188 valence electrons. The quantitative estimate of drug-likeness (QED) is 0.388. The molecule has 1 fully saturated rings. The molecule has 0 bridgehead atoms. The van der Waals surface area contributed by atoms with E-state index in [0.717, 1.165) is 34.8 Å². The van der Waals surface area contributed by atoms with Gasteiger partial charge in [-0.25, -0.2) is 9.78 Å². The lowest BCUT2D eigenvalue weighted by Crippen LogP contribution is -2.42. The van der Waals surface area contributed by atoms with Crippen molar-refractivity contribution in [3.05, 3.63) is 76.5 Å². The Morgan fingerprint density at radius 1 is 1.11 bits per heavy atom. The van der Waals surface area contributed by atoms with E-state index in [1.54, 1.807) is 0 Å². The Hall–Kier alpha value is -3.46. The minimum absolute atomic E-state index is 0.0720. The van der Waals surface area contributed by atoms with Gasteiger partial charge in [0.2, 0.25) is 11.0 Å². The van der Waals surface area contributed by atoms with Gasteiger partial charge in [0.1, 0.15) is 5.82 Å². The van der Waals surface area contributed by atoms with Crippen molar-refractivity contribution in [2.24, 2.45) is 0 Å². The highest BCUT2D eigenvalue weighted by Crippen LogP contribution is 2.26. The summed E-state index contributed by atoms with van der Waals surface area (Å²) >= 11 is 1.40. The zero-order valence-electron chi connectivity index (χ0n) is 20.8. The second-order valence-electron chi connectivity index (χ2n) is 9.62. The van der Waals surface area contributed by atoms with Crippen molar-refractivity contribution in [2.75, 3.05) is 24.5 Å². The van der Waals surface area contributed by atoms with Gasteiger partial charge in [0, 0.05) is 56.1 Å². The second kappa shape index (κ2) is 10.7. The van der Waals surface area contributed by atoms with Crippen LogP contribution >= 0.6 is 11.5 Å². The molecule has 8 nitrogen and oxygen atoms in total. The highest BCUT2D eigenvalue weighted by Gasteiger charge is 2.27. The number of likely N-dealkylation sites (tertiary alicyclic amines) is 1. The minimum Gasteiger partial charge on any atom is -0.344 e. The zero-order valence-corrected chi connectivity index (χ0v) is 21.6. The summed E-state index contributed by atoms with van der Waals surface area (Å²) in [6, 6.07) is 18.3. The smallest absolute Gasteiger partial charge is 0.326 e. The number of anilines is 1. The van der Waals surface area contributed by atoms with Gasteiger partial charge in [0.15, 0.2) is 0 Å². The topological polar surface area (TPSA) is 87.1 Å². The summed E-state index contributed by atoms with van der Waals surface area (Å²) in [6.45, 7) is 6.17. The highest BCUT2D eigenvalue weighted by atomic mass is 32.1. The molecule has 36 heavy (non-hydrogen) atoms. The van der Waals surface area contributed by atoms with Crippen LogP contribution in [0.5, 0.6) is 0 Å². The molecular weight excluding hydrogens is 472 g/mol. The van der Waals surface area contributed by atoms with Crippen molar-refractivity contribution >= 4 is 33.6 Å². The van der Waals surface area contributed by atoms with E-state index in [1.807, 2.05) is 51.9 Å². The highest BCUT2D eigenvalue weighted by molar-refractivity contribution is 7.09. The number of hydrogen-bond donors (Lipinski definition) is 1. The molecule has 0 aliphatic carbocycles. The fourth-order valence-electron chi connectivity index (χ4n) is 4.97. The summed E-state index contributed by atoms with van der Waals surface area (Å²) in [5.74, 6) is 0.965. The Balaban J connectivity index is 1.17. The van der Waals surface area contributed by atoms with E-state index in [2.05, 4.69) is 40.2 Å². The molecule has 2 aromatic carbocycles. The molecule has 4 aromatic rings. The molecule has 0 spiro atoms. The fourth-order valence-corrected chi connectivity index (χ4v) is 5.82. The van der Waals surface area contributed by atoms with Gasteiger partial charge in [-0.05, 0) is 44.4 Å². The van der Waals surface area contributed by atoms with E-state index >= 15 is 0 Å². The lowest BCUT2D eigenvalue weighted by molar-refractivity contribution is -0.132. The van der Waals surface area contributed by atoms with Gasteiger partial charge >= 0.3 is 5.69 Å². The Morgan fingerprint density at radius 2 is 1.83 bits per heavy atom. The molecule has 3 heterocycles. The maximum atomic E-state index is 13.1. The Kier molecular flexibility index (Phi) is 7.18. The first kappa shape index (κ1) is 24.2. The number of nitrogens with one attached hydrogen (secondary N) is 1. The van der Waals surface area contributed by atoms with Gasteiger partial charge in [-0.1, -0.05) is 42.5 Å². The predicted molar refractivity (Wildman–Crippen MR) is 144 cm³/mol. The molecular formula is C27H32N6O2S. The lowest BCUT2D eigenvalue weighted by Gasteiger charge is -2.33. The SMILES string of the molecule is CC(C)N(CCC(=O)N1CCC(n2c(=O)[nH]c3ccccc32)CC1)c1nc(Cc2ccccc2)ns1. The Bertz CT molecular complexity index is 1370. The molecule has 0 radical (unpaired) electrons. The molecule has 5 rings (SSSR count). The number of para-hydroxylation sites is 2. The fraction of sp³-hybridized carbons (Fsp3) is 0.407. The normalized spacial score (nSPS) is 14.6. The van der Waals surface area contributed by atoms with Crippen molar-refractivity contribution < 1.29 is 4.79 Å². The van der Waals surface area contributed by atoms with Crippen LogP contribution in [0.1, 0.15) is 50.5 Å². The van der Waals surface area contributed by atoms with E-state index in [9.17, 15) is 9.59 Å². The van der Waals surface area contributed by atoms with Crippen LogP contribution < -0.4 is 10.6 Å². The molecule has 0 atom stereocenters. The van der Waals surface area contributed by atoms with Crippen LogP contribution in [0.15, 0.2) is 59.4 Å². The summed E-state index contributed by atoms with van der Waals surface area (Å²) in [5.41, 5.74) is 2.91. The van der Waals surface area contributed by atoms with Crippen molar-refractivity contribution in [1.82, 2.24) is 23.8 Å². The largest absolute Gasteiger partial charge is 0.344 e.